The van der Waals surface area contributed by atoms with E-state index in [-0.39, 0.29) is 0 Å². The Kier molecular flexibility index (Phi) is 3.17. The lowest BCUT2D eigenvalue weighted by atomic mass is 10.1. The van der Waals surface area contributed by atoms with Crippen molar-refractivity contribution in [1.82, 2.24) is 0 Å². The van der Waals surface area contributed by atoms with E-state index in [0.717, 1.165) is 10.5 Å². The number of carboxylic acid groups (broad SMARTS) is 1. The third-order valence-electron chi connectivity index (χ3n) is 2.88. The van der Waals surface area contributed by atoms with Gasteiger partial charge in [-0.25, -0.2) is 9.59 Å². The van der Waals surface area contributed by atoms with Crippen molar-refractivity contribution in [3.05, 3.63) is 28.8 Å². The molecule has 1 aliphatic rings. The number of hydrogen-bond acceptors (Lipinski definition) is 3. The highest BCUT2D eigenvalue weighted by Gasteiger charge is 2.45. The number of rotatable bonds is 2. The standard InChI is InChI=1S/C12H12ClNO4/c1-6-5-8(13)3-4-9(6)14-10(11(15)16)7(2)18-12(14)17/h3-5,7,10H,1-2H3,(H,15,16). The Morgan fingerprint density at radius 1 is 1.50 bits per heavy atom. The summed E-state index contributed by atoms with van der Waals surface area (Å²) in [4.78, 5) is 24.1. The molecule has 96 valence electrons. The Morgan fingerprint density at radius 2 is 2.17 bits per heavy atom. The van der Waals surface area contributed by atoms with Gasteiger partial charge in [0.25, 0.3) is 0 Å². The minimum atomic E-state index is -1.09. The van der Waals surface area contributed by atoms with Crippen LogP contribution in [0.25, 0.3) is 0 Å². The van der Waals surface area contributed by atoms with Crippen LogP contribution in [0, 0.1) is 6.92 Å². The van der Waals surface area contributed by atoms with E-state index in [4.69, 9.17) is 16.3 Å². The van der Waals surface area contributed by atoms with Crippen molar-refractivity contribution in [1.29, 1.82) is 0 Å². The largest absolute Gasteiger partial charge is 0.480 e. The summed E-state index contributed by atoms with van der Waals surface area (Å²) in [5, 5.41) is 9.71. The number of ether oxygens (including phenoxy) is 1. The van der Waals surface area contributed by atoms with E-state index in [9.17, 15) is 14.7 Å². The average Bonchev–Trinajstić information content (AvgIpc) is 2.53. The summed E-state index contributed by atoms with van der Waals surface area (Å²) in [5.41, 5.74) is 1.22. The highest BCUT2D eigenvalue weighted by Crippen LogP contribution is 2.31. The van der Waals surface area contributed by atoms with Gasteiger partial charge in [-0.15, -0.1) is 0 Å². The van der Waals surface area contributed by atoms with E-state index in [1.165, 1.54) is 0 Å². The molecular formula is C12H12ClNO4. The number of cyclic esters (lactones) is 1. The highest BCUT2D eigenvalue weighted by molar-refractivity contribution is 6.30. The molecule has 1 fully saturated rings. The van der Waals surface area contributed by atoms with Crippen LogP contribution >= 0.6 is 11.6 Å². The summed E-state index contributed by atoms with van der Waals surface area (Å²) in [7, 11) is 0. The lowest BCUT2D eigenvalue weighted by Crippen LogP contribution is -2.42. The van der Waals surface area contributed by atoms with Gasteiger partial charge in [0.05, 0.1) is 5.69 Å². The molecule has 1 N–H and O–H groups in total. The maximum Gasteiger partial charge on any atom is 0.415 e. The molecule has 2 rings (SSSR count). The number of amides is 1. The normalized spacial score (nSPS) is 23.1. The molecule has 0 aromatic heterocycles. The highest BCUT2D eigenvalue weighted by atomic mass is 35.5. The monoisotopic (exact) mass is 269 g/mol. The van der Waals surface area contributed by atoms with Crippen LogP contribution in [0.4, 0.5) is 10.5 Å². The summed E-state index contributed by atoms with van der Waals surface area (Å²) < 4.78 is 4.96. The molecule has 1 aliphatic heterocycles. The van der Waals surface area contributed by atoms with E-state index in [2.05, 4.69) is 0 Å². The number of aryl methyl sites for hydroxylation is 1. The minimum Gasteiger partial charge on any atom is -0.480 e. The Morgan fingerprint density at radius 3 is 2.72 bits per heavy atom. The van der Waals surface area contributed by atoms with Crippen molar-refractivity contribution in [2.45, 2.75) is 26.0 Å². The molecule has 0 saturated carbocycles. The van der Waals surface area contributed by atoms with Crippen molar-refractivity contribution in [2.75, 3.05) is 4.90 Å². The number of carbonyl (C=O) groups excluding carboxylic acids is 1. The summed E-state index contributed by atoms with van der Waals surface area (Å²) in [6, 6.07) is 3.88. The summed E-state index contributed by atoms with van der Waals surface area (Å²) >= 11 is 5.84. The van der Waals surface area contributed by atoms with E-state index in [1.54, 1.807) is 32.0 Å². The van der Waals surface area contributed by atoms with Gasteiger partial charge in [-0.05, 0) is 37.6 Å². The van der Waals surface area contributed by atoms with Crippen LogP contribution < -0.4 is 4.90 Å². The van der Waals surface area contributed by atoms with Crippen molar-refractivity contribution in [3.63, 3.8) is 0 Å². The summed E-state index contributed by atoms with van der Waals surface area (Å²) in [5.74, 6) is -1.09. The zero-order chi connectivity index (χ0) is 13.4. The van der Waals surface area contributed by atoms with Crippen molar-refractivity contribution in [2.24, 2.45) is 0 Å². The zero-order valence-corrected chi connectivity index (χ0v) is 10.6. The van der Waals surface area contributed by atoms with Crippen LogP contribution in [0.5, 0.6) is 0 Å². The fourth-order valence-electron chi connectivity index (χ4n) is 2.05. The Labute approximate surface area is 109 Å². The van der Waals surface area contributed by atoms with Crippen molar-refractivity contribution in [3.8, 4) is 0 Å². The number of anilines is 1. The lowest BCUT2D eigenvalue weighted by Gasteiger charge is -2.21. The molecule has 1 heterocycles. The smallest absolute Gasteiger partial charge is 0.415 e. The average molecular weight is 270 g/mol. The topological polar surface area (TPSA) is 66.8 Å². The zero-order valence-electron chi connectivity index (χ0n) is 9.88. The lowest BCUT2D eigenvalue weighted by molar-refractivity contribution is -0.139. The molecule has 0 bridgehead atoms. The number of halogens is 1. The molecule has 0 aliphatic carbocycles. The molecule has 1 aromatic carbocycles. The first-order valence-corrected chi connectivity index (χ1v) is 5.78. The second kappa shape index (κ2) is 4.49. The van der Waals surface area contributed by atoms with Crippen LogP contribution in [-0.4, -0.2) is 29.3 Å². The van der Waals surface area contributed by atoms with Crippen LogP contribution in [0.2, 0.25) is 5.02 Å². The van der Waals surface area contributed by atoms with Crippen molar-refractivity contribution < 1.29 is 19.4 Å². The van der Waals surface area contributed by atoms with Gasteiger partial charge < -0.3 is 9.84 Å². The first-order chi connectivity index (χ1) is 8.41. The van der Waals surface area contributed by atoms with Crippen LogP contribution in [0.3, 0.4) is 0 Å². The molecule has 1 aromatic rings. The Bertz CT molecular complexity index is 517. The molecule has 6 heteroatoms. The molecule has 5 nitrogen and oxygen atoms in total. The molecule has 0 radical (unpaired) electrons. The maximum absolute atomic E-state index is 11.7. The van der Waals surface area contributed by atoms with Gasteiger partial charge in [-0.3, -0.25) is 4.90 Å². The van der Waals surface area contributed by atoms with Gasteiger partial charge in [0.1, 0.15) is 6.10 Å². The minimum absolute atomic E-state index is 0.501. The molecule has 1 saturated heterocycles. The van der Waals surface area contributed by atoms with E-state index < -0.39 is 24.2 Å². The third kappa shape index (κ3) is 2.01. The van der Waals surface area contributed by atoms with Gasteiger partial charge in [0.15, 0.2) is 6.04 Å². The first kappa shape index (κ1) is 12.7. The van der Waals surface area contributed by atoms with Gasteiger partial charge >= 0.3 is 12.1 Å². The number of hydrogen-bond donors (Lipinski definition) is 1. The van der Waals surface area contributed by atoms with E-state index in [0.29, 0.717) is 10.7 Å². The fourth-order valence-corrected chi connectivity index (χ4v) is 2.28. The molecule has 2 atom stereocenters. The fraction of sp³-hybridized carbons (Fsp3) is 0.333. The van der Waals surface area contributed by atoms with Crippen molar-refractivity contribution >= 4 is 29.4 Å². The number of aliphatic carboxylic acids is 1. The van der Waals surface area contributed by atoms with E-state index in [1.807, 2.05) is 0 Å². The Hall–Kier alpha value is -1.75. The Balaban J connectivity index is 2.47. The summed E-state index contributed by atoms with van der Waals surface area (Å²) in [6.07, 6.45) is -1.34. The first-order valence-electron chi connectivity index (χ1n) is 5.40. The van der Waals surface area contributed by atoms with Gasteiger partial charge in [-0.1, -0.05) is 11.6 Å². The van der Waals surface area contributed by atoms with Crippen LogP contribution in [0.1, 0.15) is 12.5 Å². The SMILES string of the molecule is Cc1cc(Cl)ccc1N1C(=O)OC(C)C1C(=O)O. The maximum atomic E-state index is 11.7. The molecule has 0 spiro atoms. The summed E-state index contributed by atoms with van der Waals surface area (Å²) in [6.45, 7) is 3.32. The predicted octanol–water partition coefficient (Wildman–Crippen LogP) is 2.45. The molecule has 2 unspecified atom stereocenters. The number of carbonyl (C=O) groups is 2. The quantitative estimate of drug-likeness (QED) is 0.895. The number of carboxylic acids is 1. The second-order valence-electron chi connectivity index (χ2n) is 4.17. The number of benzene rings is 1. The van der Waals surface area contributed by atoms with Gasteiger partial charge in [0, 0.05) is 5.02 Å². The third-order valence-corrected chi connectivity index (χ3v) is 3.11. The molecule has 1 amide bonds. The van der Waals surface area contributed by atoms with Gasteiger partial charge in [-0.2, -0.15) is 0 Å². The number of nitrogens with zero attached hydrogens (tertiary/aromatic N) is 1. The second-order valence-corrected chi connectivity index (χ2v) is 4.61. The predicted molar refractivity (Wildman–Crippen MR) is 66.0 cm³/mol. The molecular weight excluding hydrogens is 258 g/mol. The molecule has 18 heavy (non-hydrogen) atoms. The van der Waals surface area contributed by atoms with Gasteiger partial charge in [0.2, 0.25) is 0 Å². The van der Waals surface area contributed by atoms with E-state index >= 15 is 0 Å². The van der Waals surface area contributed by atoms with Crippen LogP contribution in [-0.2, 0) is 9.53 Å². The van der Waals surface area contributed by atoms with Crippen LogP contribution in [0.15, 0.2) is 18.2 Å².